The van der Waals surface area contributed by atoms with Crippen LogP contribution in [0.5, 0.6) is 0 Å². The van der Waals surface area contributed by atoms with Gasteiger partial charge in [0.1, 0.15) is 0 Å². The Morgan fingerprint density at radius 3 is 2.85 bits per heavy atom. The molecule has 0 radical (unpaired) electrons. The van der Waals surface area contributed by atoms with Gasteiger partial charge in [0.2, 0.25) is 5.95 Å². The smallest absolute Gasteiger partial charge is 0.213 e. The maximum atomic E-state index is 12.9. The van der Waals surface area contributed by atoms with Crippen LogP contribution in [0.25, 0.3) is 10.9 Å². The van der Waals surface area contributed by atoms with E-state index in [1.807, 2.05) is 25.1 Å². The number of hydrogen-bond donors (Lipinski definition) is 0. The predicted octanol–water partition coefficient (Wildman–Crippen LogP) is 3.29. The van der Waals surface area contributed by atoms with Crippen molar-refractivity contribution < 1.29 is 4.39 Å². The van der Waals surface area contributed by atoms with Gasteiger partial charge in [-0.2, -0.15) is 4.39 Å². The van der Waals surface area contributed by atoms with Crippen LogP contribution in [0.3, 0.4) is 0 Å². The second-order valence-electron chi connectivity index (χ2n) is 2.92. The highest BCUT2D eigenvalue weighted by Crippen LogP contribution is 2.19. The van der Waals surface area contributed by atoms with Crippen LogP contribution < -0.4 is 0 Å². The Kier molecular flexibility index (Phi) is 2.19. The third-order valence-corrected chi connectivity index (χ3v) is 2.62. The quantitative estimate of drug-likeness (QED) is 0.535. The summed E-state index contributed by atoms with van der Waals surface area (Å²) in [6.45, 7) is 1.89. The van der Waals surface area contributed by atoms with Crippen molar-refractivity contribution in [3.05, 3.63) is 39.3 Å². The SMILES string of the molecule is Cc1cc(F)nc2ccc(I)cc12. The van der Waals surface area contributed by atoms with E-state index >= 15 is 0 Å². The number of pyridine rings is 1. The van der Waals surface area contributed by atoms with Crippen LogP contribution in [0.15, 0.2) is 24.3 Å². The molecule has 1 heterocycles. The minimum absolute atomic E-state index is 0.411. The number of aryl methyl sites for hydroxylation is 1. The van der Waals surface area contributed by atoms with Crippen LogP contribution in [-0.2, 0) is 0 Å². The Morgan fingerprint density at radius 1 is 1.31 bits per heavy atom. The largest absolute Gasteiger partial charge is 0.220 e. The zero-order valence-corrected chi connectivity index (χ0v) is 9.17. The third-order valence-electron chi connectivity index (χ3n) is 1.95. The molecule has 0 aliphatic carbocycles. The van der Waals surface area contributed by atoms with Gasteiger partial charge in [0.05, 0.1) is 5.52 Å². The second kappa shape index (κ2) is 3.21. The molecule has 0 saturated carbocycles. The van der Waals surface area contributed by atoms with Gasteiger partial charge in [0.15, 0.2) is 0 Å². The Labute approximate surface area is 89.1 Å². The number of hydrogen-bond acceptors (Lipinski definition) is 1. The lowest BCUT2D eigenvalue weighted by molar-refractivity contribution is 0.588. The molecule has 0 spiro atoms. The second-order valence-corrected chi connectivity index (χ2v) is 4.17. The highest BCUT2D eigenvalue weighted by atomic mass is 127. The first kappa shape index (κ1) is 8.87. The van der Waals surface area contributed by atoms with Crippen LogP contribution in [0.2, 0.25) is 0 Å². The zero-order valence-electron chi connectivity index (χ0n) is 7.01. The first-order valence-corrected chi connectivity index (χ1v) is 4.97. The van der Waals surface area contributed by atoms with E-state index in [2.05, 4.69) is 27.6 Å². The number of nitrogens with zero attached hydrogens (tertiary/aromatic N) is 1. The molecular formula is C10H7FIN. The Hall–Kier alpha value is -0.710. The van der Waals surface area contributed by atoms with E-state index in [1.54, 1.807) is 0 Å². The van der Waals surface area contributed by atoms with Crippen molar-refractivity contribution in [3.63, 3.8) is 0 Å². The topological polar surface area (TPSA) is 12.9 Å². The molecule has 0 saturated heterocycles. The molecule has 0 aliphatic rings. The molecule has 0 aliphatic heterocycles. The molecule has 0 fully saturated rings. The van der Waals surface area contributed by atoms with Crippen molar-refractivity contribution in [2.75, 3.05) is 0 Å². The minimum atomic E-state index is -0.411. The van der Waals surface area contributed by atoms with E-state index in [1.165, 1.54) is 6.07 Å². The average molecular weight is 287 g/mol. The fraction of sp³-hybridized carbons (Fsp3) is 0.100. The molecule has 1 nitrogen and oxygen atoms in total. The molecule has 1 aromatic heterocycles. The summed E-state index contributed by atoms with van der Waals surface area (Å²) < 4.78 is 14.0. The van der Waals surface area contributed by atoms with Gasteiger partial charge in [-0.3, -0.25) is 0 Å². The molecule has 2 aromatic rings. The normalized spacial score (nSPS) is 10.7. The Bertz CT molecular complexity index is 468. The van der Waals surface area contributed by atoms with Crippen LogP contribution in [0.1, 0.15) is 5.56 Å². The van der Waals surface area contributed by atoms with E-state index in [9.17, 15) is 4.39 Å². The maximum absolute atomic E-state index is 12.9. The summed E-state index contributed by atoms with van der Waals surface area (Å²) in [6, 6.07) is 7.23. The monoisotopic (exact) mass is 287 g/mol. The summed E-state index contributed by atoms with van der Waals surface area (Å²) in [7, 11) is 0. The molecule has 0 unspecified atom stereocenters. The minimum Gasteiger partial charge on any atom is -0.220 e. The van der Waals surface area contributed by atoms with Gasteiger partial charge < -0.3 is 0 Å². The fourth-order valence-corrected chi connectivity index (χ4v) is 1.82. The lowest BCUT2D eigenvalue weighted by Gasteiger charge is -2.01. The van der Waals surface area contributed by atoms with Crippen LogP contribution in [-0.4, -0.2) is 4.98 Å². The molecule has 13 heavy (non-hydrogen) atoms. The number of rotatable bonds is 0. The predicted molar refractivity (Wildman–Crippen MR) is 59.2 cm³/mol. The molecular weight excluding hydrogens is 280 g/mol. The highest BCUT2D eigenvalue weighted by molar-refractivity contribution is 14.1. The maximum Gasteiger partial charge on any atom is 0.213 e. The van der Waals surface area contributed by atoms with Crippen molar-refractivity contribution in [2.45, 2.75) is 6.92 Å². The average Bonchev–Trinajstić information content (AvgIpc) is 2.06. The van der Waals surface area contributed by atoms with Crippen molar-refractivity contribution in [3.8, 4) is 0 Å². The lowest BCUT2D eigenvalue weighted by atomic mass is 10.1. The third kappa shape index (κ3) is 1.65. The van der Waals surface area contributed by atoms with E-state index in [0.717, 1.165) is 20.0 Å². The van der Waals surface area contributed by atoms with Gasteiger partial charge in [-0.25, -0.2) is 4.98 Å². The van der Waals surface area contributed by atoms with Gasteiger partial charge in [0, 0.05) is 8.96 Å². The first-order valence-electron chi connectivity index (χ1n) is 3.89. The standard InChI is InChI=1S/C10H7FIN/c1-6-4-10(11)13-9-3-2-7(12)5-8(6)9/h2-5H,1H3. The number of fused-ring (bicyclic) bond motifs is 1. The van der Waals surface area contributed by atoms with Gasteiger partial charge >= 0.3 is 0 Å². The molecule has 0 amide bonds. The van der Waals surface area contributed by atoms with E-state index in [0.29, 0.717) is 0 Å². The van der Waals surface area contributed by atoms with E-state index < -0.39 is 5.95 Å². The molecule has 1 aromatic carbocycles. The summed E-state index contributed by atoms with van der Waals surface area (Å²) in [5, 5.41) is 1.02. The van der Waals surface area contributed by atoms with Crippen molar-refractivity contribution in [2.24, 2.45) is 0 Å². The number of halogens is 2. The summed E-state index contributed by atoms with van der Waals surface area (Å²) >= 11 is 2.23. The Balaban J connectivity index is 2.87. The molecule has 0 N–H and O–H groups in total. The lowest BCUT2D eigenvalue weighted by Crippen LogP contribution is -1.88. The van der Waals surface area contributed by atoms with Crippen molar-refractivity contribution >= 4 is 33.5 Å². The number of aromatic nitrogens is 1. The van der Waals surface area contributed by atoms with Gasteiger partial charge in [0.25, 0.3) is 0 Å². The molecule has 0 atom stereocenters. The molecule has 66 valence electrons. The zero-order chi connectivity index (χ0) is 9.42. The molecule has 3 heteroatoms. The molecule has 2 rings (SSSR count). The summed E-state index contributed by atoms with van der Waals surface area (Å²) in [5.74, 6) is -0.411. The van der Waals surface area contributed by atoms with Crippen LogP contribution in [0, 0.1) is 16.4 Å². The Morgan fingerprint density at radius 2 is 2.08 bits per heavy atom. The summed E-state index contributed by atoms with van der Waals surface area (Å²) in [5.41, 5.74) is 1.65. The van der Waals surface area contributed by atoms with Gasteiger partial charge in [-0.1, -0.05) is 0 Å². The first-order chi connectivity index (χ1) is 6.16. The molecule has 0 bridgehead atoms. The van der Waals surface area contributed by atoms with Gasteiger partial charge in [-0.15, -0.1) is 0 Å². The van der Waals surface area contributed by atoms with Crippen LogP contribution >= 0.6 is 22.6 Å². The van der Waals surface area contributed by atoms with E-state index in [-0.39, 0.29) is 0 Å². The number of benzene rings is 1. The van der Waals surface area contributed by atoms with Crippen molar-refractivity contribution in [1.82, 2.24) is 4.98 Å². The summed E-state index contributed by atoms with van der Waals surface area (Å²) in [6.07, 6.45) is 0. The highest BCUT2D eigenvalue weighted by Gasteiger charge is 2.01. The fourth-order valence-electron chi connectivity index (χ4n) is 1.33. The van der Waals surface area contributed by atoms with E-state index in [4.69, 9.17) is 0 Å². The van der Waals surface area contributed by atoms with Crippen molar-refractivity contribution in [1.29, 1.82) is 0 Å². The van der Waals surface area contributed by atoms with Crippen LogP contribution in [0.4, 0.5) is 4.39 Å². The summed E-state index contributed by atoms with van der Waals surface area (Å²) in [4.78, 5) is 3.81. The van der Waals surface area contributed by atoms with Gasteiger partial charge in [-0.05, 0) is 59.3 Å².